The fourth-order valence-corrected chi connectivity index (χ4v) is 4.08. The molecule has 6 nitrogen and oxygen atoms in total. The molecule has 0 aromatic heterocycles. The summed E-state index contributed by atoms with van der Waals surface area (Å²) in [5, 5.41) is 2.80. The molecule has 1 N–H and O–H groups in total. The van der Waals surface area contributed by atoms with Gasteiger partial charge in [0.25, 0.3) is 0 Å². The van der Waals surface area contributed by atoms with Gasteiger partial charge in [0.15, 0.2) is 0 Å². The van der Waals surface area contributed by atoms with Crippen LogP contribution in [0.1, 0.15) is 18.9 Å². The van der Waals surface area contributed by atoms with Gasteiger partial charge in [0, 0.05) is 17.6 Å². The molecule has 30 heavy (non-hydrogen) atoms. The molecule has 1 aliphatic rings. The predicted octanol–water partition coefficient (Wildman–Crippen LogP) is 3.34. The molecule has 0 bridgehead atoms. The minimum Gasteiger partial charge on any atom is -0.466 e. The van der Waals surface area contributed by atoms with Crippen molar-refractivity contribution >= 4 is 39.4 Å². The molecule has 0 radical (unpaired) electrons. The molecule has 1 heterocycles. The topological polar surface area (TPSA) is 75.7 Å². The van der Waals surface area contributed by atoms with E-state index in [1.54, 1.807) is 11.8 Å². The lowest BCUT2D eigenvalue weighted by Gasteiger charge is -2.19. The van der Waals surface area contributed by atoms with Gasteiger partial charge >= 0.3 is 5.97 Å². The maximum absolute atomic E-state index is 12.8. The molecule has 3 rings (SSSR count). The number of rotatable bonds is 8. The maximum atomic E-state index is 12.8. The normalized spacial score (nSPS) is 16.9. The van der Waals surface area contributed by atoms with Crippen molar-refractivity contribution in [2.45, 2.75) is 19.8 Å². The van der Waals surface area contributed by atoms with Crippen LogP contribution in [0.15, 0.2) is 59.1 Å². The molecule has 2 aromatic rings. The Labute approximate surface area is 184 Å². The lowest BCUT2D eigenvalue weighted by Crippen LogP contribution is -2.41. The van der Waals surface area contributed by atoms with Crippen LogP contribution in [0.4, 0.5) is 5.69 Å². The fraction of sp³-hybridized carbons (Fsp3) is 0.348. The van der Waals surface area contributed by atoms with Crippen LogP contribution in [0.25, 0.3) is 0 Å². The van der Waals surface area contributed by atoms with Crippen LogP contribution in [0.3, 0.4) is 0 Å². The number of halogens is 1. The van der Waals surface area contributed by atoms with Gasteiger partial charge in [0.1, 0.15) is 5.92 Å². The van der Waals surface area contributed by atoms with Crippen molar-refractivity contribution < 1.29 is 19.1 Å². The van der Waals surface area contributed by atoms with Crippen molar-refractivity contribution in [1.82, 2.24) is 5.32 Å². The Balaban J connectivity index is 1.63. The third kappa shape index (κ3) is 5.27. The number of hydrogen-bond acceptors (Lipinski definition) is 4. The van der Waals surface area contributed by atoms with Crippen LogP contribution in [-0.2, 0) is 25.5 Å². The van der Waals surface area contributed by atoms with Gasteiger partial charge < -0.3 is 15.0 Å². The quantitative estimate of drug-likeness (QED) is 0.472. The maximum Gasteiger partial charge on any atom is 0.311 e. The monoisotopic (exact) mass is 472 g/mol. The zero-order valence-corrected chi connectivity index (χ0v) is 18.4. The first-order chi connectivity index (χ1) is 14.5. The molecular weight excluding hydrogens is 448 g/mol. The highest BCUT2D eigenvalue weighted by Crippen LogP contribution is 2.31. The fourth-order valence-electron chi connectivity index (χ4n) is 3.58. The van der Waals surface area contributed by atoms with Crippen molar-refractivity contribution in [3.63, 3.8) is 0 Å². The summed E-state index contributed by atoms with van der Waals surface area (Å²) >= 11 is 3.46. The average Bonchev–Trinajstić information content (AvgIpc) is 3.13. The van der Waals surface area contributed by atoms with Gasteiger partial charge in [-0.25, -0.2) is 0 Å². The summed E-state index contributed by atoms with van der Waals surface area (Å²) < 4.78 is 5.98. The molecule has 158 valence electrons. The molecule has 0 saturated carbocycles. The number of hydrogen-bond donors (Lipinski definition) is 1. The van der Waals surface area contributed by atoms with E-state index in [1.165, 1.54) is 0 Å². The van der Waals surface area contributed by atoms with E-state index in [0.29, 0.717) is 19.4 Å². The molecule has 2 unspecified atom stereocenters. The van der Waals surface area contributed by atoms with Crippen molar-refractivity contribution in [2.24, 2.45) is 11.8 Å². The first kappa shape index (κ1) is 22.0. The Hall–Kier alpha value is -2.67. The summed E-state index contributed by atoms with van der Waals surface area (Å²) in [6.45, 7) is 2.64. The highest BCUT2D eigenvalue weighted by molar-refractivity contribution is 9.10. The molecule has 2 atom stereocenters. The lowest BCUT2D eigenvalue weighted by atomic mass is 9.98. The second-order valence-electron chi connectivity index (χ2n) is 7.17. The molecule has 2 amide bonds. The van der Waals surface area contributed by atoms with Gasteiger partial charge in [-0.1, -0.05) is 42.5 Å². The van der Waals surface area contributed by atoms with Gasteiger partial charge in [-0.15, -0.1) is 0 Å². The first-order valence-corrected chi connectivity index (χ1v) is 10.8. The van der Waals surface area contributed by atoms with E-state index in [9.17, 15) is 14.4 Å². The summed E-state index contributed by atoms with van der Waals surface area (Å²) in [4.78, 5) is 39.5. The van der Waals surface area contributed by atoms with E-state index in [1.807, 2.05) is 54.6 Å². The highest BCUT2D eigenvalue weighted by Gasteiger charge is 2.38. The third-order valence-electron chi connectivity index (χ3n) is 5.13. The van der Waals surface area contributed by atoms with E-state index >= 15 is 0 Å². The first-order valence-electron chi connectivity index (χ1n) is 10.1. The summed E-state index contributed by atoms with van der Waals surface area (Å²) in [6, 6.07) is 17.0. The Morgan fingerprint density at radius 1 is 1.17 bits per heavy atom. The number of anilines is 1. The molecule has 2 aromatic carbocycles. The van der Waals surface area contributed by atoms with Crippen LogP contribution in [-0.4, -0.2) is 37.5 Å². The molecular formula is C23H25BrN2O4. The van der Waals surface area contributed by atoms with Gasteiger partial charge in [0.2, 0.25) is 11.8 Å². The lowest BCUT2D eigenvalue weighted by molar-refractivity contribution is -0.147. The van der Waals surface area contributed by atoms with Crippen molar-refractivity contribution in [1.29, 1.82) is 0 Å². The largest absolute Gasteiger partial charge is 0.466 e. The minimum atomic E-state index is -0.753. The van der Waals surface area contributed by atoms with Gasteiger partial charge in [-0.05, 0) is 53.4 Å². The van der Waals surface area contributed by atoms with Gasteiger partial charge in [0.05, 0.1) is 18.2 Å². The molecule has 1 saturated heterocycles. The number of nitrogens with one attached hydrogen (secondary N) is 1. The van der Waals surface area contributed by atoms with E-state index < -0.39 is 11.8 Å². The minimum absolute atomic E-state index is 0.130. The SMILES string of the molecule is CCOC(=O)C(CNC(=O)C1CCN(c2ccccc2Br)C1=O)Cc1ccccc1. The van der Waals surface area contributed by atoms with Crippen molar-refractivity contribution in [2.75, 3.05) is 24.6 Å². The Morgan fingerprint density at radius 3 is 2.57 bits per heavy atom. The molecule has 1 aliphatic heterocycles. The van der Waals surface area contributed by atoms with Crippen LogP contribution in [0.5, 0.6) is 0 Å². The Morgan fingerprint density at radius 2 is 1.87 bits per heavy atom. The molecule has 0 spiro atoms. The average molecular weight is 473 g/mol. The van der Waals surface area contributed by atoms with Crippen molar-refractivity contribution in [3.05, 3.63) is 64.6 Å². The highest BCUT2D eigenvalue weighted by atomic mass is 79.9. The second kappa shape index (κ2) is 10.4. The summed E-state index contributed by atoms with van der Waals surface area (Å²) in [5.41, 5.74) is 1.74. The number of esters is 1. The van der Waals surface area contributed by atoms with E-state index in [2.05, 4.69) is 21.2 Å². The molecule has 0 aliphatic carbocycles. The molecule has 7 heteroatoms. The second-order valence-corrected chi connectivity index (χ2v) is 8.02. The third-order valence-corrected chi connectivity index (χ3v) is 5.80. The predicted molar refractivity (Wildman–Crippen MR) is 118 cm³/mol. The standard InChI is InChI=1S/C23H25BrN2O4/c1-2-30-23(29)17(14-16-8-4-3-5-9-16)15-25-21(27)18-12-13-26(22(18)28)20-11-7-6-10-19(20)24/h3-11,17-18H,2,12-15H2,1H3,(H,25,27). The van der Waals surface area contributed by atoms with Crippen molar-refractivity contribution in [3.8, 4) is 0 Å². The van der Waals surface area contributed by atoms with E-state index in [4.69, 9.17) is 4.74 Å². The number of carbonyl (C=O) groups excluding carboxylic acids is 3. The molecule has 1 fully saturated rings. The van der Waals surface area contributed by atoms with Gasteiger partial charge in [-0.3, -0.25) is 14.4 Å². The van der Waals surface area contributed by atoms with Crippen LogP contribution in [0.2, 0.25) is 0 Å². The summed E-state index contributed by atoms with van der Waals surface area (Å²) in [6.07, 6.45) is 0.899. The number of nitrogens with zero attached hydrogens (tertiary/aromatic N) is 1. The van der Waals surface area contributed by atoms with Gasteiger partial charge in [-0.2, -0.15) is 0 Å². The summed E-state index contributed by atoms with van der Waals surface area (Å²) in [7, 11) is 0. The Kier molecular flexibility index (Phi) is 7.63. The Bertz CT molecular complexity index is 903. The zero-order valence-electron chi connectivity index (χ0n) is 16.8. The number of ether oxygens (including phenoxy) is 1. The smallest absolute Gasteiger partial charge is 0.311 e. The van der Waals surface area contributed by atoms with Crippen LogP contribution < -0.4 is 10.2 Å². The number of carbonyl (C=O) groups is 3. The van der Waals surface area contributed by atoms with Crippen LogP contribution >= 0.6 is 15.9 Å². The number of amides is 2. The summed E-state index contributed by atoms with van der Waals surface area (Å²) in [5.74, 6) is -2.19. The van der Waals surface area contributed by atoms with E-state index in [0.717, 1.165) is 15.7 Å². The number of benzene rings is 2. The number of para-hydroxylation sites is 1. The van der Waals surface area contributed by atoms with Crippen LogP contribution in [0, 0.1) is 11.8 Å². The van der Waals surface area contributed by atoms with E-state index in [-0.39, 0.29) is 30.9 Å². The zero-order chi connectivity index (χ0) is 21.5.